The monoisotopic (exact) mass is 278 g/mol. The molecule has 1 amide bonds. The van der Waals surface area contributed by atoms with Crippen LogP contribution in [0.4, 0.5) is 4.79 Å². The Morgan fingerprint density at radius 3 is 2.60 bits per heavy atom. The van der Waals surface area contributed by atoms with Crippen molar-refractivity contribution in [3.05, 3.63) is 24.0 Å². The third-order valence-corrected chi connectivity index (χ3v) is 4.53. The van der Waals surface area contributed by atoms with Gasteiger partial charge in [-0.25, -0.2) is 4.79 Å². The van der Waals surface area contributed by atoms with Crippen molar-refractivity contribution in [3.63, 3.8) is 0 Å². The maximum Gasteiger partial charge on any atom is 0.407 e. The molecular formula is C14H18N2O4. The number of carboxylic acid groups (broad SMARTS) is 1. The second-order valence-electron chi connectivity index (χ2n) is 5.76. The van der Waals surface area contributed by atoms with Crippen LogP contribution in [0.2, 0.25) is 0 Å². The van der Waals surface area contributed by atoms with Crippen LogP contribution in [0.15, 0.2) is 18.5 Å². The van der Waals surface area contributed by atoms with E-state index in [1.165, 1.54) is 4.90 Å². The number of carbonyl (C=O) groups is 1. The minimum absolute atomic E-state index is 0.224. The van der Waals surface area contributed by atoms with E-state index in [0.717, 1.165) is 5.56 Å². The molecule has 0 aromatic carbocycles. The molecule has 0 bridgehead atoms. The molecule has 1 aliphatic carbocycles. The molecule has 1 saturated heterocycles. The molecule has 108 valence electrons. The van der Waals surface area contributed by atoms with Gasteiger partial charge in [-0.2, -0.15) is 0 Å². The highest BCUT2D eigenvalue weighted by molar-refractivity contribution is 5.65. The fourth-order valence-corrected chi connectivity index (χ4v) is 3.53. The molecule has 2 atom stereocenters. The number of hydrogen-bond acceptors (Lipinski definition) is 4. The number of amides is 1. The summed E-state index contributed by atoms with van der Waals surface area (Å²) in [5, 5.41) is 19.9. The maximum atomic E-state index is 11.0. The van der Waals surface area contributed by atoms with Gasteiger partial charge in [0.15, 0.2) is 0 Å². The fraction of sp³-hybridized carbons (Fsp3) is 0.571. The average Bonchev–Trinajstić information content (AvgIpc) is 2.94. The Labute approximate surface area is 117 Å². The molecule has 0 spiro atoms. The molecular weight excluding hydrogens is 260 g/mol. The predicted molar refractivity (Wildman–Crippen MR) is 70.5 cm³/mol. The zero-order chi connectivity index (χ0) is 14.3. The Bertz CT molecular complexity index is 520. The van der Waals surface area contributed by atoms with Crippen LogP contribution < -0.4 is 4.74 Å². The molecule has 3 rings (SSSR count). The van der Waals surface area contributed by atoms with E-state index in [2.05, 4.69) is 4.98 Å². The Morgan fingerprint density at radius 2 is 2.05 bits per heavy atom. The predicted octanol–water partition coefficient (Wildman–Crippen LogP) is 1.30. The van der Waals surface area contributed by atoms with E-state index in [1.54, 1.807) is 19.5 Å². The summed E-state index contributed by atoms with van der Waals surface area (Å²) in [5.74, 6) is 1.07. The molecule has 2 heterocycles. The van der Waals surface area contributed by atoms with E-state index in [-0.39, 0.29) is 11.8 Å². The number of nitrogens with zero attached hydrogens (tertiary/aromatic N) is 2. The summed E-state index contributed by atoms with van der Waals surface area (Å²) in [7, 11) is 1.57. The lowest BCUT2D eigenvalue weighted by atomic mass is 9.92. The second kappa shape index (κ2) is 4.63. The molecule has 1 aromatic heterocycles. The van der Waals surface area contributed by atoms with Gasteiger partial charge in [-0.15, -0.1) is 0 Å². The summed E-state index contributed by atoms with van der Waals surface area (Å²) in [5.41, 5.74) is -0.158. The number of pyridine rings is 1. The van der Waals surface area contributed by atoms with Gasteiger partial charge in [-0.05, 0) is 30.7 Å². The van der Waals surface area contributed by atoms with Crippen molar-refractivity contribution in [1.82, 2.24) is 9.88 Å². The lowest BCUT2D eigenvalue weighted by Gasteiger charge is -2.25. The number of hydrogen-bond donors (Lipinski definition) is 2. The quantitative estimate of drug-likeness (QED) is 0.852. The number of ether oxygens (including phenoxy) is 1. The van der Waals surface area contributed by atoms with Crippen molar-refractivity contribution in [1.29, 1.82) is 0 Å². The minimum Gasteiger partial charge on any atom is -0.495 e. The van der Waals surface area contributed by atoms with E-state index < -0.39 is 11.7 Å². The zero-order valence-electron chi connectivity index (χ0n) is 11.3. The molecule has 6 nitrogen and oxygen atoms in total. The highest BCUT2D eigenvalue weighted by atomic mass is 16.5. The van der Waals surface area contributed by atoms with Gasteiger partial charge in [0.1, 0.15) is 5.75 Å². The van der Waals surface area contributed by atoms with Crippen LogP contribution in [-0.4, -0.2) is 46.4 Å². The minimum atomic E-state index is -0.915. The molecule has 6 heteroatoms. The van der Waals surface area contributed by atoms with Crippen molar-refractivity contribution in [2.75, 3.05) is 20.2 Å². The molecule has 20 heavy (non-hydrogen) atoms. The Kier molecular flexibility index (Phi) is 3.05. The summed E-state index contributed by atoms with van der Waals surface area (Å²) in [6.45, 7) is 1.03. The molecule has 2 fully saturated rings. The number of aromatic nitrogens is 1. The summed E-state index contributed by atoms with van der Waals surface area (Å²) in [4.78, 5) is 16.5. The van der Waals surface area contributed by atoms with E-state index in [1.807, 2.05) is 6.07 Å². The summed E-state index contributed by atoms with van der Waals surface area (Å²) in [6, 6.07) is 1.81. The number of fused-ring (bicyclic) bond motifs is 1. The van der Waals surface area contributed by atoms with Gasteiger partial charge < -0.3 is 19.8 Å². The maximum absolute atomic E-state index is 11.0. The zero-order valence-corrected chi connectivity index (χ0v) is 11.3. The number of rotatable bonds is 2. The van der Waals surface area contributed by atoms with Gasteiger partial charge in [-0.3, -0.25) is 4.98 Å². The molecule has 1 aliphatic heterocycles. The normalized spacial score (nSPS) is 32.2. The lowest BCUT2D eigenvalue weighted by Crippen LogP contribution is -2.31. The van der Waals surface area contributed by atoms with Crippen LogP contribution in [0.3, 0.4) is 0 Å². The standard InChI is InChI=1S/C14H18N2O4/c1-20-12-2-11(5-15-6-12)14(19)3-9-7-16(13(17)18)8-10(9)4-14/h2,5-6,9-10,19H,3-4,7-8H2,1H3,(H,17,18). The molecule has 1 aromatic rings. The first-order valence-electron chi connectivity index (χ1n) is 6.71. The van der Waals surface area contributed by atoms with Crippen molar-refractivity contribution in [3.8, 4) is 5.75 Å². The van der Waals surface area contributed by atoms with E-state index in [0.29, 0.717) is 31.7 Å². The topological polar surface area (TPSA) is 82.9 Å². The molecule has 2 aliphatic rings. The van der Waals surface area contributed by atoms with E-state index in [4.69, 9.17) is 9.84 Å². The fourth-order valence-electron chi connectivity index (χ4n) is 3.53. The summed E-state index contributed by atoms with van der Waals surface area (Å²) < 4.78 is 5.14. The largest absolute Gasteiger partial charge is 0.495 e. The molecule has 2 unspecified atom stereocenters. The summed E-state index contributed by atoms with van der Waals surface area (Å²) >= 11 is 0. The van der Waals surface area contributed by atoms with Crippen molar-refractivity contribution in [2.45, 2.75) is 18.4 Å². The van der Waals surface area contributed by atoms with Gasteiger partial charge in [0.2, 0.25) is 0 Å². The van der Waals surface area contributed by atoms with Gasteiger partial charge >= 0.3 is 6.09 Å². The summed E-state index contributed by atoms with van der Waals surface area (Å²) in [6.07, 6.45) is 3.56. The third-order valence-electron chi connectivity index (χ3n) is 4.53. The first kappa shape index (κ1) is 13.2. The van der Waals surface area contributed by atoms with Gasteiger partial charge in [-0.1, -0.05) is 0 Å². The number of aliphatic hydroxyl groups is 1. The highest BCUT2D eigenvalue weighted by Crippen LogP contribution is 2.49. The van der Waals surface area contributed by atoms with E-state index >= 15 is 0 Å². The molecule has 0 radical (unpaired) electrons. The Balaban J connectivity index is 1.78. The van der Waals surface area contributed by atoms with Crippen LogP contribution in [0.1, 0.15) is 18.4 Å². The van der Waals surface area contributed by atoms with E-state index in [9.17, 15) is 9.90 Å². The SMILES string of the molecule is COc1cncc(C2(O)CC3CN(C(=O)O)CC3C2)c1. The van der Waals surface area contributed by atoms with Crippen molar-refractivity contribution >= 4 is 6.09 Å². The van der Waals surface area contributed by atoms with Crippen LogP contribution in [0.25, 0.3) is 0 Å². The van der Waals surface area contributed by atoms with Crippen molar-refractivity contribution in [2.24, 2.45) is 11.8 Å². The van der Waals surface area contributed by atoms with Crippen LogP contribution in [0, 0.1) is 11.8 Å². The van der Waals surface area contributed by atoms with Crippen LogP contribution in [-0.2, 0) is 5.60 Å². The second-order valence-corrected chi connectivity index (χ2v) is 5.76. The Hall–Kier alpha value is -1.82. The van der Waals surface area contributed by atoms with Crippen molar-refractivity contribution < 1.29 is 19.7 Å². The molecule has 2 N–H and O–H groups in total. The first-order valence-corrected chi connectivity index (χ1v) is 6.71. The van der Waals surface area contributed by atoms with Crippen LogP contribution in [0.5, 0.6) is 5.75 Å². The van der Waals surface area contributed by atoms with Gasteiger partial charge in [0.05, 0.1) is 18.9 Å². The highest BCUT2D eigenvalue weighted by Gasteiger charge is 2.50. The average molecular weight is 278 g/mol. The van der Waals surface area contributed by atoms with Gasteiger partial charge in [0.25, 0.3) is 0 Å². The third kappa shape index (κ3) is 2.10. The number of likely N-dealkylation sites (tertiary alicyclic amines) is 1. The first-order chi connectivity index (χ1) is 9.51. The van der Waals surface area contributed by atoms with Gasteiger partial charge in [0, 0.05) is 24.8 Å². The lowest BCUT2D eigenvalue weighted by molar-refractivity contribution is 0.0309. The Morgan fingerprint density at radius 1 is 1.40 bits per heavy atom. The van der Waals surface area contributed by atoms with Crippen LogP contribution >= 0.6 is 0 Å². The molecule has 1 saturated carbocycles. The smallest absolute Gasteiger partial charge is 0.407 e. The number of methoxy groups -OCH3 is 1.